The molecule has 7 rings (SSSR count). The van der Waals surface area contributed by atoms with Gasteiger partial charge in [-0.3, -0.25) is 0 Å². The van der Waals surface area contributed by atoms with Gasteiger partial charge in [0.2, 0.25) is 0 Å². The number of rotatable bonds is 6. The fourth-order valence-electron chi connectivity index (χ4n) is 6.62. The summed E-state index contributed by atoms with van der Waals surface area (Å²) in [6, 6.07) is 27.6. The van der Waals surface area contributed by atoms with E-state index in [1.54, 1.807) is 0 Å². The van der Waals surface area contributed by atoms with Crippen molar-refractivity contribution in [2.45, 2.75) is 57.7 Å². The maximum atomic E-state index is 13.1. The number of ether oxygens (including phenoxy) is 1. The first kappa shape index (κ1) is 27.0. The highest BCUT2D eigenvalue weighted by Gasteiger charge is 2.52. The molecule has 4 aromatic carbocycles. The largest absolute Gasteiger partial charge is 0.492 e. The van der Waals surface area contributed by atoms with Gasteiger partial charge in [-0.1, -0.05) is 84.9 Å². The van der Waals surface area contributed by atoms with Crippen LogP contribution in [0.25, 0.3) is 28.0 Å². The SMILES string of the molecule is CC1(C)OB(C(=Cc2ccc3c4c(cccc24)CC3)CNC(=O)OCC2c3ccccc3-c3ccccc32)OC1(C)C. The van der Waals surface area contributed by atoms with Crippen molar-refractivity contribution in [3.8, 4) is 11.1 Å². The third kappa shape index (κ3) is 4.54. The summed E-state index contributed by atoms with van der Waals surface area (Å²) in [4.78, 5) is 13.1. The number of hydrogen-bond acceptors (Lipinski definition) is 4. The van der Waals surface area contributed by atoms with Crippen LogP contribution in [0, 0.1) is 0 Å². The minimum absolute atomic E-state index is 0.00909. The molecule has 1 aliphatic heterocycles. The van der Waals surface area contributed by atoms with Gasteiger partial charge in [0.15, 0.2) is 0 Å². The summed E-state index contributed by atoms with van der Waals surface area (Å²) >= 11 is 0. The van der Waals surface area contributed by atoms with Gasteiger partial charge >= 0.3 is 13.2 Å². The van der Waals surface area contributed by atoms with Gasteiger partial charge in [-0.15, -0.1) is 0 Å². The molecule has 6 heteroatoms. The molecule has 2 aliphatic carbocycles. The Kier molecular flexibility index (Phi) is 6.52. The van der Waals surface area contributed by atoms with E-state index in [0.717, 1.165) is 23.9 Å². The van der Waals surface area contributed by atoms with Gasteiger partial charge in [-0.2, -0.15) is 0 Å². The van der Waals surface area contributed by atoms with Gasteiger partial charge in [-0.05, 0) is 95.7 Å². The number of fused-ring (bicyclic) bond motifs is 3. The lowest BCUT2D eigenvalue weighted by atomic mass is 9.76. The van der Waals surface area contributed by atoms with Crippen LogP contribution in [-0.2, 0) is 26.9 Å². The van der Waals surface area contributed by atoms with E-state index in [9.17, 15) is 4.79 Å². The Morgan fingerprint density at radius 2 is 1.48 bits per heavy atom. The van der Waals surface area contributed by atoms with Crippen LogP contribution in [0.2, 0.25) is 0 Å². The number of carbonyl (C=O) groups excluding carboxylic acids is 1. The monoisotopic (exact) mass is 557 g/mol. The predicted molar refractivity (Wildman–Crippen MR) is 168 cm³/mol. The summed E-state index contributed by atoms with van der Waals surface area (Å²) < 4.78 is 18.7. The van der Waals surface area contributed by atoms with Crippen LogP contribution in [0.15, 0.2) is 84.3 Å². The second-order valence-corrected chi connectivity index (χ2v) is 12.6. The summed E-state index contributed by atoms with van der Waals surface area (Å²) in [5, 5.41) is 5.57. The first-order valence-electron chi connectivity index (χ1n) is 14.9. The highest BCUT2D eigenvalue weighted by molar-refractivity contribution is 6.56. The quantitative estimate of drug-likeness (QED) is 0.250. The molecule has 1 heterocycles. The number of hydrogen-bond donors (Lipinski definition) is 1. The van der Waals surface area contributed by atoms with Crippen LogP contribution in [0.5, 0.6) is 0 Å². The number of aryl methyl sites for hydroxylation is 2. The van der Waals surface area contributed by atoms with E-state index in [0.29, 0.717) is 0 Å². The molecule has 1 fully saturated rings. The summed E-state index contributed by atoms with van der Waals surface area (Å²) in [5.74, 6) is 0.00909. The number of benzene rings is 4. The van der Waals surface area contributed by atoms with Gasteiger partial charge in [-0.25, -0.2) is 4.79 Å². The van der Waals surface area contributed by atoms with E-state index < -0.39 is 24.4 Å². The second-order valence-electron chi connectivity index (χ2n) is 12.6. The summed E-state index contributed by atoms with van der Waals surface area (Å²) in [6.45, 7) is 8.69. The number of carbonyl (C=O) groups is 1. The molecule has 4 aromatic rings. The van der Waals surface area contributed by atoms with Gasteiger partial charge in [0, 0.05) is 12.5 Å². The van der Waals surface area contributed by atoms with Crippen LogP contribution in [0.1, 0.15) is 61.4 Å². The lowest BCUT2D eigenvalue weighted by Crippen LogP contribution is -2.41. The maximum Gasteiger partial charge on any atom is 0.492 e. The Morgan fingerprint density at radius 1 is 0.857 bits per heavy atom. The average molecular weight is 557 g/mol. The van der Waals surface area contributed by atoms with Crippen LogP contribution in [-0.4, -0.2) is 37.6 Å². The van der Waals surface area contributed by atoms with Crippen molar-refractivity contribution in [1.82, 2.24) is 5.32 Å². The maximum absolute atomic E-state index is 13.1. The van der Waals surface area contributed by atoms with E-state index >= 15 is 0 Å². The molecule has 0 spiro atoms. The van der Waals surface area contributed by atoms with E-state index in [2.05, 4.69) is 78.1 Å². The van der Waals surface area contributed by atoms with Crippen molar-refractivity contribution in [3.63, 3.8) is 0 Å². The lowest BCUT2D eigenvalue weighted by Gasteiger charge is -2.32. The molecule has 1 N–H and O–H groups in total. The van der Waals surface area contributed by atoms with Gasteiger partial charge in [0.05, 0.1) is 11.2 Å². The predicted octanol–water partition coefficient (Wildman–Crippen LogP) is 7.49. The first-order chi connectivity index (χ1) is 20.2. The summed E-state index contributed by atoms with van der Waals surface area (Å²) in [6.07, 6.45) is 3.81. The fraction of sp³-hybridized carbons (Fsp3) is 0.306. The molecular formula is C36H36BNO4. The molecule has 42 heavy (non-hydrogen) atoms. The van der Waals surface area contributed by atoms with Crippen molar-refractivity contribution < 1.29 is 18.8 Å². The molecular weight excluding hydrogens is 521 g/mol. The second kappa shape index (κ2) is 10.1. The van der Waals surface area contributed by atoms with Crippen molar-refractivity contribution >= 4 is 30.1 Å². The van der Waals surface area contributed by atoms with E-state index in [-0.39, 0.29) is 19.1 Å². The molecule has 0 bridgehead atoms. The Morgan fingerprint density at radius 3 is 2.14 bits per heavy atom. The van der Waals surface area contributed by atoms with Crippen molar-refractivity contribution in [2.75, 3.05) is 13.2 Å². The highest BCUT2D eigenvalue weighted by atomic mass is 16.7. The van der Waals surface area contributed by atoms with Crippen molar-refractivity contribution in [1.29, 1.82) is 0 Å². The Bertz CT molecular complexity index is 1670. The van der Waals surface area contributed by atoms with Gasteiger partial charge in [0.25, 0.3) is 0 Å². The number of alkyl carbamates (subject to hydrolysis) is 1. The lowest BCUT2D eigenvalue weighted by molar-refractivity contribution is 0.00578. The van der Waals surface area contributed by atoms with Gasteiger partial charge < -0.3 is 19.4 Å². The molecule has 0 atom stereocenters. The third-order valence-corrected chi connectivity index (χ3v) is 9.59. The highest BCUT2D eigenvalue weighted by Crippen LogP contribution is 2.44. The summed E-state index contributed by atoms with van der Waals surface area (Å²) in [7, 11) is -0.591. The van der Waals surface area contributed by atoms with Crippen molar-refractivity contribution in [2.24, 2.45) is 0 Å². The van der Waals surface area contributed by atoms with E-state index in [4.69, 9.17) is 14.0 Å². The number of nitrogens with one attached hydrogen (secondary N) is 1. The van der Waals surface area contributed by atoms with Gasteiger partial charge in [0.1, 0.15) is 6.61 Å². The minimum Gasteiger partial charge on any atom is -0.449 e. The Hall–Kier alpha value is -3.87. The number of amides is 1. The molecule has 0 radical (unpaired) electrons. The third-order valence-electron chi connectivity index (χ3n) is 9.59. The minimum atomic E-state index is -0.591. The van der Waals surface area contributed by atoms with Crippen LogP contribution in [0.4, 0.5) is 4.79 Å². The molecule has 0 aromatic heterocycles. The smallest absolute Gasteiger partial charge is 0.449 e. The van der Waals surface area contributed by atoms with Crippen LogP contribution in [0.3, 0.4) is 0 Å². The Labute approximate surface area is 248 Å². The summed E-state index contributed by atoms with van der Waals surface area (Å²) in [5.41, 5.74) is 8.53. The molecule has 5 nitrogen and oxygen atoms in total. The van der Waals surface area contributed by atoms with Crippen LogP contribution >= 0.6 is 0 Å². The molecule has 212 valence electrons. The Balaban J connectivity index is 1.13. The zero-order valence-electron chi connectivity index (χ0n) is 24.7. The fourth-order valence-corrected chi connectivity index (χ4v) is 6.62. The van der Waals surface area contributed by atoms with Crippen LogP contribution < -0.4 is 5.32 Å². The molecule has 0 saturated carbocycles. The molecule has 1 saturated heterocycles. The molecule has 3 aliphatic rings. The molecule has 1 amide bonds. The van der Waals surface area contributed by atoms with E-state index in [1.807, 2.05) is 39.8 Å². The standard InChI is InChI=1S/C36H36BNO4/c1-35(2)36(3,4)42-37(41-35)26(20-25-19-18-24-17-16-23-10-9-15-27(25)33(23)24)21-38-34(39)40-22-32-30-13-7-5-11-28(30)29-12-6-8-14-31(29)32/h5-15,18-20,32H,16-17,21-22H2,1-4H3,(H,38,39). The first-order valence-corrected chi connectivity index (χ1v) is 14.9. The normalized spacial score (nSPS) is 18.3. The zero-order chi connectivity index (χ0) is 29.1. The molecule has 0 unspecified atom stereocenters. The van der Waals surface area contributed by atoms with E-state index in [1.165, 1.54) is 44.2 Å². The van der Waals surface area contributed by atoms with Crippen molar-refractivity contribution in [3.05, 3.63) is 112 Å². The topological polar surface area (TPSA) is 56.8 Å². The average Bonchev–Trinajstić information content (AvgIpc) is 3.61. The zero-order valence-corrected chi connectivity index (χ0v) is 24.7.